The van der Waals surface area contributed by atoms with Gasteiger partial charge in [-0.15, -0.1) is 0 Å². The summed E-state index contributed by atoms with van der Waals surface area (Å²) in [7, 11) is 0. The van der Waals surface area contributed by atoms with Crippen LogP contribution in [-0.2, 0) is 38.4 Å². The third kappa shape index (κ3) is 8.65. The van der Waals surface area contributed by atoms with Crippen LogP contribution in [-0.4, -0.2) is 75.6 Å². The highest BCUT2D eigenvalue weighted by atomic mass is 16.3. The summed E-state index contributed by atoms with van der Waals surface area (Å²) in [5.74, 6) is -2.43. The van der Waals surface area contributed by atoms with E-state index in [2.05, 4.69) is 10.6 Å². The minimum atomic E-state index is -1.72. The van der Waals surface area contributed by atoms with Crippen LogP contribution in [0.3, 0.4) is 0 Å². The number of likely N-dealkylation sites (tertiary alicyclic amines) is 1. The summed E-state index contributed by atoms with van der Waals surface area (Å²) in [6.45, 7) is 0.340. The number of nitrogens with two attached hydrogens (primary N) is 2. The van der Waals surface area contributed by atoms with Crippen LogP contribution in [0, 0.1) is 0 Å². The summed E-state index contributed by atoms with van der Waals surface area (Å²) in [5, 5.41) is 26.0. The van der Waals surface area contributed by atoms with Crippen LogP contribution < -0.4 is 22.1 Å². The minimum absolute atomic E-state index is 0.104. The lowest BCUT2D eigenvalue weighted by Gasteiger charge is -2.30. The van der Waals surface area contributed by atoms with Crippen molar-refractivity contribution in [1.82, 2.24) is 15.5 Å². The fraction of sp³-hybridized carbons (Fsp3) is 0.333. The molecule has 0 bridgehead atoms. The highest BCUT2D eigenvalue weighted by molar-refractivity contribution is 5.92. The van der Waals surface area contributed by atoms with E-state index >= 15 is 0 Å². The second-order valence-electron chi connectivity index (χ2n) is 11.1. The van der Waals surface area contributed by atoms with Crippen molar-refractivity contribution >= 4 is 23.6 Å². The molecule has 3 aromatic carbocycles. The van der Waals surface area contributed by atoms with E-state index in [0.29, 0.717) is 19.4 Å². The number of aliphatic hydroxyl groups is 1. The Morgan fingerprint density at radius 3 is 1.98 bits per heavy atom. The number of phenols is 1. The van der Waals surface area contributed by atoms with Crippen LogP contribution in [0.2, 0.25) is 0 Å². The molecule has 1 aliphatic heterocycles. The standard InChI is InChI=1S/C33H39N5O6/c34-25(18-23-13-15-24(39)16-14-23)33(44)38-17-7-12-28(38)31(42)36-26(19-21-8-3-1-4-9-21)29(40)32(43)37-27(30(35)41)20-22-10-5-2-6-11-22/h1-6,8-11,13-16,25-29,39-40H,7,12,17-20,34H2,(H2,35,41)(H,36,42)(H,37,43)/t25-,26-,27-,28-,29-/m0/s1. The van der Waals surface area contributed by atoms with E-state index in [1.807, 2.05) is 12.1 Å². The van der Waals surface area contributed by atoms with Gasteiger partial charge in [-0.1, -0.05) is 72.8 Å². The molecule has 8 N–H and O–H groups in total. The molecular formula is C33H39N5O6. The lowest BCUT2D eigenvalue weighted by atomic mass is 9.99. The molecule has 0 aromatic heterocycles. The van der Waals surface area contributed by atoms with Crippen LogP contribution >= 0.6 is 0 Å². The molecule has 11 nitrogen and oxygen atoms in total. The Morgan fingerprint density at radius 2 is 1.39 bits per heavy atom. The molecule has 1 saturated heterocycles. The smallest absolute Gasteiger partial charge is 0.251 e. The SMILES string of the molecule is NC(=O)[C@H](Cc1ccccc1)NC(=O)[C@@H](O)[C@H](Cc1ccccc1)NC(=O)[C@@H]1CCCN1C(=O)[C@@H](N)Cc1ccc(O)cc1. The van der Waals surface area contributed by atoms with Gasteiger partial charge in [0, 0.05) is 13.0 Å². The van der Waals surface area contributed by atoms with Crippen molar-refractivity contribution in [1.29, 1.82) is 0 Å². The van der Waals surface area contributed by atoms with Crippen LogP contribution in [0.25, 0.3) is 0 Å². The summed E-state index contributed by atoms with van der Waals surface area (Å²) < 4.78 is 0. The number of amides is 4. The molecule has 1 fully saturated rings. The molecule has 0 radical (unpaired) electrons. The average molecular weight is 602 g/mol. The molecule has 4 amide bonds. The van der Waals surface area contributed by atoms with Crippen LogP contribution in [0.15, 0.2) is 84.9 Å². The summed E-state index contributed by atoms with van der Waals surface area (Å²) in [6.07, 6.45) is -0.273. The normalized spacial score (nSPS) is 17.2. The summed E-state index contributed by atoms with van der Waals surface area (Å²) in [6, 6.07) is 20.5. The molecule has 0 aliphatic carbocycles. The van der Waals surface area contributed by atoms with Gasteiger partial charge in [-0.2, -0.15) is 0 Å². The first kappa shape index (κ1) is 32.2. The lowest BCUT2D eigenvalue weighted by Crippen LogP contribution is -2.58. The monoisotopic (exact) mass is 601 g/mol. The third-order valence-electron chi connectivity index (χ3n) is 7.77. The first-order valence-corrected chi connectivity index (χ1v) is 14.6. The van der Waals surface area contributed by atoms with Gasteiger partial charge in [0.1, 0.15) is 17.8 Å². The Kier molecular flexibility index (Phi) is 11.1. The number of phenolic OH excluding ortho intramolecular Hbond substituents is 1. The highest BCUT2D eigenvalue weighted by Gasteiger charge is 2.38. The Labute approximate surface area is 256 Å². The number of primary amides is 1. The lowest BCUT2D eigenvalue weighted by molar-refractivity contribution is -0.141. The van der Waals surface area contributed by atoms with Gasteiger partial charge in [-0.25, -0.2) is 0 Å². The number of aliphatic hydroxyl groups excluding tert-OH is 1. The molecule has 4 rings (SSSR count). The van der Waals surface area contributed by atoms with Gasteiger partial charge >= 0.3 is 0 Å². The molecule has 3 aromatic rings. The van der Waals surface area contributed by atoms with Crippen molar-refractivity contribution in [3.05, 3.63) is 102 Å². The Hall–Kier alpha value is -4.74. The Morgan fingerprint density at radius 1 is 0.818 bits per heavy atom. The van der Waals surface area contributed by atoms with E-state index in [4.69, 9.17) is 11.5 Å². The van der Waals surface area contributed by atoms with E-state index in [0.717, 1.165) is 16.7 Å². The maximum atomic E-state index is 13.6. The minimum Gasteiger partial charge on any atom is -0.508 e. The zero-order valence-electron chi connectivity index (χ0n) is 24.3. The second kappa shape index (κ2) is 15.1. The van der Waals surface area contributed by atoms with E-state index in [-0.39, 0.29) is 30.9 Å². The number of nitrogens with one attached hydrogen (secondary N) is 2. The first-order valence-electron chi connectivity index (χ1n) is 14.6. The summed E-state index contributed by atoms with van der Waals surface area (Å²) in [5.41, 5.74) is 14.1. The molecule has 1 aliphatic rings. The van der Waals surface area contributed by atoms with Crippen molar-refractivity contribution in [3.63, 3.8) is 0 Å². The van der Waals surface area contributed by atoms with Crippen molar-refractivity contribution < 1.29 is 29.4 Å². The van der Waals surface area contributed by atoms with Gasteiger partial charge in [0.25, 0.3) is 5.91 Å². The number of hydrogen-bond donors (Lipinski definition) is 6. The van der Waals surface area contributed by atoms with Gasteiger partial charge in [-0.05, 0) is 54.5 Å². The average Bonchev–Trinajstić information content (AvgIpc) is 3.52. The van der Waals surface area contributed by atoms with Gasteiger partial charge in [-0.3, -0.25) is 19.2 Å². The first-order chi connectivity index (χ1) is 21.1. The zero-order valence-corrected chi connectivity index (χ0v) is 24.3. The maximum absolute atomic E-state index is 13.6. The molecule has 1 heterocycles. The zero-order chi connectivity index (χ0) is 31.6. The number of aromatic hydroxyl groups is 1. The molecule has 0 unspecified atom stereocenters. The molecule has 0 saturated carbocycles. The quantitative estimate of drug-likeness (QED) is 0.165. The van der Waals surface area contributed by atoms with Gasteiger partial charge in [0.15, 0.2) is 6.10 Å². The van der Waals surface area contributed by atoms with Gasteiger partial charge in [0.05, 0.1) is 12.1 Å². The van der Waals surface area contributed by atoms with Gasteiger partial charge in [0.2, 0.25) is 17.7 Å². The summed E-state index contributed by atoms with van der Waals surface area (Å²) >= 11 is 0. The Balaban J connectivity index is 1.46. The highest BCUT2D eigenvalue weighted by Crippen LogP contribution is 2.21. The Bertz CT molecular complexity index is 1420. The molecule has 5 atom stereocenters. The van der Waals surface area contributed by atoms with Gasteiger partial charge < -0.3 is 37.2 Å². The number of rotatable bonds is 13. The van der Waals surface area contributed by atoms with Crippen LogP contribution in [0.4, 0.5) is 0 Å². The fourth-order valence-electron chi connectivity index (χ4n) is 5.39. The predicted octanol–water partition coefficient (Wildman–Crippen LogP) is 0.554. The van der Waals surface area contributed by atoms with Crippen LogP contribution in [0.1, 0.15) is 29.5 Å². The van der Waals surface area contributed by atoms with E-state index in [1.165, 1.54) is 17.0 Å². The predicted molar refractivity (Wildman–Crippen MR) is 164 cm³/mol. The number of carbonyl (C=O) groups is 4. The number of carbonyl (C=O) groups excluding carboxylic acids is 4. The largest absolute Gasteiger partial charge is 0.508 e. The van der Waals surface area contributed by atoms with Crippen molar-refractivity contribution in [2.45, 2.75) is 62.4 Å². The number of benzene rings is 3. The molecular weight excluding hydrogens is 562 g/mol. The molecule has 11 heteroatoms. The summed E-state index contributed by atoms with van der Waals surface area (Å²) in [4.78, 5) is 53.7. The van der Waals surface area contributed by atoms with E-state index in [1.54, 1.807) is 60.7 Å². The van der Waals surface area contributed by atoms with Crippen molar-refractivity contribution in [2.75, 3.05) is 6.54 Å². The third-order valence-corrected chi connectivity index (χ3v) is 7.77. The number of hydrogen-bond acceptors (Lipinski definition) is 7. The van der Waals surface area contributed by atoms with Crippen LogP contribution in [0.5, 0.6) is 5.75 Å². The van der Waals surface area contributed by atoms with Crippen molar-refractivity contribution in [2.24, 2.45) is 11.5 Å². The topological polar surface area (TPSA) is 188 Å². The fourth-order valence-corrected chi connectivity index (χ4v) is 5.39. The second-order valence-corrected chi connectivity index (χ2v) is 11.1. The number of nitrogens with zero attached hydrogens (tertiary/aromatic N) is 1. The van der Waals surface area contributed by atoms with Crippen molar-refractivity contribution in [3.8, 4) is 5.75 Å². The molecule has 0 spiro atoms. The van der Waals surface area contributed by atoms with E-state index in [9.17, 15) is 29.4 Å². The van der Waals surface area contributed by atoms with E-state index < -0.39 is 48.0 Å². The maximum Gasteiger partial charge on any atom is 0.251 e. The molecule has 44 heavy (non-hydrogen) atoms. The molecule has 232 valence electrons.